The van der Waals surface area contributed by atoms with Crippen LogP contribution in [0.25, 0.3) is 0 Å². The molecular formula is C18H27IN4S. The minimum atomic E-state index is 0. The maximum atomic E-state index is 4.66. The van der Waals surface area contributed by atoms with Gasteiger partial charge in [0.05, 0.1) is 11.6 Å². The van der Waals surface area contributed by atoms with Crippen molar-refractivity contribution in [2.45, 2.75) is 46.2 Å². The second kappa shape index (κ2) is 11.4. The van der Waals surface area contributed by atoms with E-state index < -0.39 is 0 Å². The lowest BCUT2D eigenvalue weighted by molar-refractivity contribution is 0.593. The zero-order valence-corrected chi connectivity index (χ0v) is 17.7. The summed E-state index contributed by atoms with van der Waals surface area (Å²) in [5.74, 6) is 0.874. The summed E-state index contributed by atoms with van der Waals surface area (Å²) >= 11 is 1.70. The van der Waals surface area contributed by atoms with Crippen LogP contribution in [0.15, 0.2) is 41.5 Å². The largest absolute Gasteiger partial charge is 0.357 e. The van der Waals surface area contributed by atoms with Crippen molar-refractivity contribution in [3.05, 3.63) is 52.0 Å². The molecule has 1 unspecified atom stereocenters. The van der Waals surface area contributed by atoms with E-state index >= 15 is 0 Å². The molecule has 0 aliphatic heterocycles. The molecule has 2 aromatic rings. The van der Waals surface area contributed by atoms with Gasteiger partial charge in [0.15, 0.2) is 5.96 Å². The minimum Gasteiger partial charge on any atom is -0.357 e. The summed E-state index contributed by atoms with van der Waals surface area (Å²) in [4.78, 5) is 10.1. The molecule has 0 saturated carbocycles. The van der Waals surface area contributed by atoms with E-state index in [0.29, 0.717) is 12.6 Å². The van der Waals surface area contributed by atoms with Crippen molar-refractivity contribution < 1.29 is 0 Å². The fourth-order valence-corrected chi connectivity index (χ4v) is 3.01. The van der Waals surface area contributed by atoms with Crippen LogP contribution >= 0.6 is 35.3 Å². The number of nitrogens with one attached hydrogen (secondary N) is 2. The van der Waals surface area contributed by atoms with Gasteiger partial charge in [-0.3, -0.25) is 0 Å². The van der Waals surface area contributed by atoms with Crippen LogP contribution < -0.4 is 10.6 Å². The number of hydrogen-bond donors (Lipinski definition) is 2. The summed E-state index contributed by atoms with van der Waals surface area (Å²) < 4.78 is 0. The van der Waals surface area contributed by atoms with E-state index in [1.807, 2.05) is 13.1 Å². The maximum Gasteiger partial charge on any atom is 0.191 e. The highest BCUT2D eigenvalue weighted by Gasteiger charge is 2.06. The average Bonchev–Trinajstić information content (AvgIpc) is 2.97. The van der Waals surface area contributed by atoms with Gasteiger partial charge in [-0.25, -0.2) is 9.98 Å². The Morgan fingerprint density at radius 1 is 1.29 bits per heavy atom. The van der Waals surface area contributed by atoms with Crippen LogP contribution in [-0.2, 0) is 13.0 Å². The van der Waals surface area contributed by atoms with Crippen molar-refractivity contribution >= 4 is 41.3 Å². The lowest BCUT2D eigenvalue weighted by atomic mass is 10.1. The fourth-order valence-electron chi connectivity index (χ4n) is 2.29. The monoisotopic (exact) mass is 458 g/mol. The van der Waals surface area contributed by atoms with Gasteiger partial charge in [0.25, 0.3) is 0 Å². The van der Waals surface area contributed by atoms with Gasteiger partial charge in [-0.1, -0.05) is 30.3 Å². The molecule has 1 aromatic carbocycles. The van der Waals surface area contributed by atoms with E-state index in [4.69, 9.17) is 0 Å². The predicted octanol–water partition coefficient (Wildman–Crippen LogP) is 4.15. The van der Waals surface area contributed by atoms with E-state index in [1.54, 1.807) is 11.3 Å². The van der Waals surface area contributed by atoms with Crippen molar-refractivity contribution in [1.82, 2.24) is 15.6 Å². The molecule has 132 valence electrons. The Morgan fingerprint density at radius 3 is 2.67 bits per heavy atom. The molecular weight excluding hydrogens is 431 g/mol. The highest BCUT2D eigenvalue weighted by atomic mass is 127. The number of thiazole rings is 1. The predicted molar refractivity (Wildman–Crippen MR) is 114 cm³/mol. The van der Waals surface area contributed by atoms with Crippen molar-refractivity contribution in [2.24, 2.45) is 4.99 Å². The summed E-state index contributed by atoms with van der Waals surface area (Å²) in [6.07, 6.45) is 4.06. The average molecular weight is 458 g/mol. The second-order valence-corrected chi connectivity index (χ2v) is 6.93. The molecule has 0 saturated heterocycles. The number of guanidine groups is 1. The third kappa shape index (κ3) is 7.61. The number of halogens is 1. The quantitative estimate of drug-likeness (QED) is 0.373. The summed E-state index contributed by atoms with van der Waals surface area (Å²) in [6.45, 7) is 7.84. The van der Waals surface area contributed by atoms with Crippen LogP contribution in [0.4, 0.5) is 0 Å². The van der Waals surface area contributed by atoms with Crippen molar-refractivity contribution in [1.29, 1.82) is 0 Å². The standard InChI is InChI=1S/C18H26N4S.HI/c1-4-19-18(21-13-17-12-20-15(3)23-17)22-14(2)10-11-16-8-6-5-7-9-16;/h5-9,12,14H,4,10-11,13H2,1-3H3,(H2,19,21,22);1H. The molecule has 0 aliphatic carbocycles. The first kappa shape index (κ1) is 20.9. The van der Waals surface area contributed by atoms with E-state index in [2.05, 4.69) is 64.8 Å². The number of nitrogens with zero attached hydrogens (tertiary/aromatic N) is 2. The topological polar surface area (TPSA) is 49.3 Å². The van der Waals surface area contributed by atoms with Gasteiger partial charge in [-0.2, -0.15) is 0 Å². The number of rotatable bonds is 7. The Hall–Kier alpha value is -1.15. The molecule has 1 aromatic heterocycles. The Morgan fingerprint density at radius 2 is 2.04 bits per heavy atom. The molecule has 1 atom stereocenters. The number of benzene rings is 1. The third-order valence-electron chi connectivity index (χ3n) is 3.50. The molecule has 0 spiro atoms. The summed E-state index contributed by atoms with van der Waals surface area (Å²) in [6, 6.07) is 11.0. The van der Waals surface area contributed by atoms with Crippen LogP contribution in [0.5, 0.6) is 0 Å². The first-order valence-electron chi connectivity index (χ1n) is 8.17. The van der Waals surface area contributed by atoms with E-state index in [1.165, 1.54) is 10.4 Å². The van der Waals surface area contributed by atoms with Crippen LogP contribution in [0.3, 0.4) is 0 Å². The van der Waals surface area contributed by atoms with Crippen LogP contribution in [0.2, 0.25) is 0 Å². The molecule has 0 bridgehead atoms. The minimum absolute atomic E-state index is 0. The van der Waals surface area contributed by atoms with Crippen molar-refractivity contribution in [2.75, 3.05) is 6.54 Å². The summed E-state index contributed by atoms with van der Waals surface area (Å²) in [7, 11) is 0. The summed E-state index contributed by atoms with van der Waals surface area (Å²) in [5, 5.41) is 7.89. The lowest BCUT2D eigenvalue weighted by Crippen LogP contribution is -2.42. The van der Waals surface area contributed by atoms with E-state index in [9.17, 15) is 0 Å². The summed E-state index contributed by atoms with van der Waals surface area (Å²) in [5.41, 5.74) is 1.38. The Balaban J connectivity index is 0.00000288. The molecule has 0 fully saturated rings. The molecule has 6 heteroatoms. The van der Waals surface area contributed by atoms with Gasteiger partial charge in [0.1, 0.15) is 0 Å². The molecule has 2 N–H and O–H groups in total. The van der Waals surface area contributed by atoms with Gasteiger partial charge in [-0.05, 0) is 39.2 Å². The van der Waals surface area contributed by atoms with E-state index in [0.717, 1.165) is 30.4 Å². The number of aromatic nitrogens is 1. The highest BCUT2D eigenvalue weighted by molar-refractivity contribution is 14.0. The Bertz CT molecular complexity index is 612. The number of aliphatic imine (C=N–C) groups is 1. The van der Waals surface area contributed by atoms with Crippen LogP contribution in [0.1, 0.15) is 35.7 Å². The van der Waals surface area contributed by atoms with E-state index in [-0.39, 0.29) is 24.0 Å². The SMILES string of the molecule is CCNC(=NCc1cnc(C)s1)NC(C)CCc1ccccc1.I. The van der Waals surface area contributed by atoms with Gasteiger partial charge in [0, 0.05) is 23.7 Å². The van der Waals surface area contributed by atoms with Crippen molar-refractivity contribution in [3.8, 4) is 0 Å². The van der Waals surface area contributed by atoms with Gasteiger partial charge in [0.2, 0.25) is 0 Å². The zero-order chi connectivity index (χ0) is 16.5. The fraction of sp³-hybridized carbons (Fsp3) is 0.444. The van der Waals surface area contributed by atoms with Gasteiger partial charge < -0.3 is 10.6 Å². The highest BCUT2D eigenvalue weighted by Crippen LogP contribution is 2.12. The molecule has 2 rings (SSSR count). The lowest BCUT2D eigenvalue weighted by Gasteiger charge is -2.17. The molecule has 0 aliphatic rings. The van der Waals surface area contributed by atoms with Crippen LogP contribution in [0, 0.1) is 6.92 Å². The second-order valence-electron chi connectivity index (χ2n) is 5.61. The Labute approximate surface area is 166 Å². The number of hydrogen-bond acceptors (Lipinski definition) is 3. The smallest absolute Gasteiger partial charge is 0.191 e. The first-order chi connectivity index (χ1) is 11.2. The van der Waals surface area contributed by atoms with Gasteiger partial charge in [-0.15, -0.1) is 35.3 Å². The van der Waals surface area contributed by atoms with Crippen LogP contribution in [-0.4, -0.2) is 23.5 Å². The maximum absolute atomic E-state index is 4.66. The zero-order valence-electron chi connectivity index (χ0n) is 14.6. The van der Waals surface area contributed by atoms with Crippen molar-refractivity contribution in [3.63, 3.8) is 0 Å². The molecule has 24 heavy (non-hydrogen) atoms. The Kier molecular flexibility index (Phi) is 9.94. The molecule has 0 amide bonds. The normalized spacial score (nSPS) is 12.4. The molecule has 4 nitrogen and oxygen atoms in total. The molecule has 0 radical (unpaired) electrons. The number of aryl methyl sites for hydroxylation is 2. The van der Waals surface area contributed by atoms with Gasteiger partial charge >= 0.3 is 0 Å². The first-order valence-corrected chi connectivity index (χ1v) is 8.99. The third-order valence-corrected chi connectivity index (χ3v) is 4.40. The molecule has 1 heterocycles.